The molecule has 3 aromatic carbocycles. The molecule has 0 atom stereocenters. The number of fused-ring (bicyclic) bond motifs is 1. The third-order valence-electron chi connectivity index (χ3n) is 5.59. The molecule has 0 saturated heterocycles. The molecule has 0 fully saturated rings. The fourth-order valence-corrected chi connectivity index (χ4v) is 5.21. The normalized spacial score (nSPS) is 12.0. The molecule has 0 radical (unpaired) electrons. The molecule has 0 unspecified atom stereocenters. The summed E-state index contributed by atoms with van der Waals surface area (Å²) in [7, 11) is -3.84. The Labute approximate surface area is 181 Å². The quantitative estimate of drug-likeness (QED) is 0.407. The number of rotatable bonds is 5. The van der Waals surface area contributed by atoms with Gasteiger partial charge in [-0.1, -0.05) is 44.2 Å². The predicted octanol–water partition coefficient (Wildman–Crippen LogP) is 6.15. The highest BCUT2D eigenvalue weighted by molar-refractivity contribution is 7.90. The van der Waals surface area contributed by atoms with Crippen molar-refractivity contribution >= 4 is 20.9 Å². The van der Waals surface area contributed by atoms with E-state index >= 15 is 0 Å². The fraction of sp³-hybridized carbons (Fsp3) is 0.200. The summed E-state index contributed by atoms with van der Waals surface area (Å²) in [5.74, 6) is 0.173. The molecule has 6 heteroatoms. The maximum Gasteiger partial charge on any atom is 0.268 e. The molecule has 1 aromatic heterocycles. The molecule has 160 valence electrons. The van der Waals surface area contributed by atoms with Crippen molar-refractivity contribution in [1.29, 1.82) is 0 Å². The molecular formula is C25H24FNO3S. The predicted molar refractivity (Wildman–Crippen MR) is 122 cm³/mol. The zero-order valence-corrected chi connectivity index (χ0v) is 18.4. The SMILES string of the molecule is Cc1cc(S(=O)(=O)n2cc(C(C)C)c3cc(-c4ccc(CF)cc4)ccc32)ccc1O. The second-order valence-electron chi connectivity index (χ2n) is 8.05. The standard InChI is InChI=1S/C25H24FNO3S/c1-16(2)23-15-27(31(29,30)21-9-11-25(28)17(3)12-21)24-10-8-20(13-22(23)24)19-6-4-18(14-26)5-7-19/h4-13,15-16,28H,14H2,1-3H3. The van der Waals surface area contributed by atoms with E-state index in [1.807, 2.05) is 44.2 Å². The van der Waals surface area contributed by atoms with Gasteiger partial charge in [0.1, 0.15) is 12.4 Å². The van der Waals surface area contributed by atoms with Crippen LogP contribution in [0.3, 0.4) is 0 Å². The van der Waals surface area contributed by atoms with Crippen LogP contribution in [0, 0.1) is 6.92 Å². The Morgan fingerprint density at radius 1 is 0.968 bits per heavy atom. The van der Waals surface area contributed by atoms with E-state index in [0.717, 1.165) is 22.1 Å². The van der Waals surface area contributed by atoms with Crippen molar-refractivity contribution in [2.75, 3.05) is 0 Å². The maximum absolute atomic E-state index is 13.4. The molecule has 4 nitrogen and oxygen atoms in total. The summed E-state index contributed by atoms with van der Waals surface area (Å²) < 4.78 is 41.0. The van der Waals surface area contributed by atoms with Crippen LogP contribution in [0.5, 0.6) is 5.75 Å². The lowest BCUT2D eigenvalue weighted by Crippen LogP contribution is -2.12. The molecule has 0 saturated carbocycles. The molecule has 0 amide bonds. The van der Waals surface area contributed by atoms with Crippen LogP contribution in [0.25, 0.3) is 22.0 Å². The smallest absolute Gasteiger partial charge is 0.268 e. The van der Waals surface area contributed by atoms with Crippen LogP contribution in [0.1, 0.15) is 36.5 Å². The summed E-state index contributed by atoms with van der Waals surface area (Å²) in [6.07, 6.45) is 1.68. The molecule has 1 heterocycles. The molecule has 0 aliphatic rings. The first-order chi connectivity index (χ1) is 14.7. The van der Waals surface area contributed by atoms with Crippen molar-refractivity contribution in [3.63, 3.8) is 0 Å². The van der Waals surface area contributed by atoms with Gasteiger partial charge in [-0.25, -0.2) is 16.8 Å². The number of aryl methyl sites for hydroxylation is 1. The fourth-order valence-electron chi connectivity index (χ4n) is 3.75. The van der Waals surface area contributed by atoms with E-state index in [1.165, 1.54) is 22.2 Å². The zero-order valence-electron chi connectivity index (χ0n) is 17.6. The first-order valence-corrected chi connectivity index (χ1v) is 11.5. The molecule has 0 aliphatic heterocycles. The van der Waals surface area contributed by atoms with Crippen LogP contribution in [0.4, 0.5) is 4.39 Å². The number of phenolic OH excluding ortho intramolecular Hbond substituents is 1. The van der Waals surface area contributed by atoms with Crippen LogP contribution < -0.4 is 0 Å². The van der Waals surface area contributed by atoms with Crippen molar-refractivity contribution in [2.24, 2.45) is 0 Å². The number of alkyl halides is 1. The first-order valence-electron chi connectivity index (χ1n) is 10.1. The Kier molecular flexibility index (Phi) is 5.35. The van der Waals surface area contributed by atoms with Gasteiger partial charge in [0.2, 0.25) is 0 Å². The van der Waals surface area contributed by atoms with Crippen LogP contribution in [0.2, 0.25) is 0 Å². The highest BCUT2D eigenvalue weighted by atomic mass is 32.2. The number of nitrogens with zero attached hydrogens (tertiary/aromatic N) is 1. The van der Waals surface area contributed by atoms with E-state index in [-0.39, 0.29) is 16.6 Å². The van der Waals surface area contributed by atoms with Crippen molar-refractivity contribution in [2.45, 2.75) is 38.3 Å². The van der Waals surface area contributed by atoms with Gasteiger partial charge in [0, 0.05) is 11.6 Å². The average molecular weight is 438 g/mol. The van der Waals surface area contributed by atoms with E-state index in [9.17, 15) is 17.9 Å². The van der Waals surface area contributed by atoms with Crippen LogP contribution >= 0.6 is 0 Å². The number of aromatic hydroxyl groups is 1. The van der Waals surface area contributed by atoms with Gasteiger partial charge in [0.25, 0.3) is 10.0 Å². The second-order valence-corrected chi connectivity index (χ2v) is 9.87. The summed E-state index contributed by atoms with van der Waals surface area (Å²) in [6, 6.07) is 17.2. The summed E-state index contributed by atoms with van der Waals surface area (Å²) in [6.45, 7) is 5.22. The van der Waals surface area contributed by atoms with E-state index in [1.54, 1.807) is 25.3 Å². The number of hydrogen-bond donors (Lipinski definition) is 1. The molecule has 4 rings (SSSR count). The summed E-state index contributed by atoms with van der Waals surface area (Å²) in [5, 5.41) is 10.6. The lowest BCUT2D eigenvalue weighted by molar-refractivity contribution is 0.470. The number of benzene rings is 3. The molecule has 1 N–H and O–H groups in total. The molecule has 31 heavy (non-hydrogen) atoms. The first kappa shape index (κ1) is 21.1. The van der Waals surface area contributed by atoms with Crippen molar-refractivity contribution in [3.8, 4) is 16.9 Å². The van der Waals surface area contributed by atoms with Gasteiger partial charge < -0.3 is 5.11 Å². The Hall–Kier alpha value is -3.12. The average Bonchev–Trinajstić information content (AvgIpc) is 3.15. The van der Waals surface area contributed by atoms with Crippen LogP contribution in [-0.2, 0) is 16.7 Å². The van der Waals surface area contributed by atoms with Gasteiger partial charge in [-0.15, -0.1) is 0 Å². The van der Waals surface area contributed by atoms with Gasteiger partial charge >= 0.3 is 0 Å². The summed E-state index contributed by atoms with van der Waals surface area (Å²) >= 11 is 0. The van der Waals surface area contributed by atoms with Crippen molar-refractivity contribution in [3.05, 3.63) is 83.6 Å². The number of aromatic nitrogens is 1. The van der Waals surface area contributed by atoms with Gasteiger partial charge in [0.05, 0.1) is 10.4 Å². The number of phenols is 1. The lowest BCUT2D eigenvalue weighted by Gasteiger charge is -2.10. The Morgan fingerprint density at radius 3 is 2.26 bits per heavy atom. The van der Waals surface area contributed by atoms with E-state index in [2.05, 4.69) is 0 Å². The van der Waals surface area contributed by atoms with Gasteiger partial charge in [-0.05, 0) is 71.0 Å². The van der Waals surface area contributed by atoms with Crippen LogP contribution in [0.15, 0.2) is 71.8 Å². The Balaban J connectivity index is 1.90. The van der Waals surface area contributed by atoms with Crippen molar-refractivity contribution < 1.29 is 17.9 Å². The third-order valence-corrected chi connectivity index (χ3v) is 7.26. The molecule has 4 aromatic rings. The van der Waals surface area contributed by atoms with Gasteiger partial charge in [0.15, 0.2) is 0 Å². The topological polar surface area (TPSA) is 59.3 Å². The largest absolute Gasteiger partial charge is 0.508 e. The maximum atomic E-state index is 13.4. The van der Waals surface area contributed by atoms with Gasteiger partial charge in [-0.3, -0.25) is 0 Å². The highest BCUT2D eigenvalue weighted by Crippen LogP contribution is 2.34. The van der Waals surface area contributed by atoms with E-state index in [4.69, 9.17) is 0 Å². The summed E-state index contributed by atoms with van der Waals surface area (Å²) in [4.78, 5) is 0.126. The molecular weight excluding hydrogens is 413 g/mol. The minimum absolute atomic E-state index is 0.0580. The number of hydrogen-bond acceptors (Lipinski definition) is 3. The van der Waals surface area contributed by atoms with Crippen LogP contribution in [-0.4, -0.2) is 17.5 Å². The Bertz CT molecular complexity index is 1370. The van der Waals surface area contributed by atoms with Crippen molar-refractivity contribution in [1.82, 2.24) is 3.97 Å². The third kappa shape index (κ3) is 3.72. The highest BCUT2D eigenvalue weighted by Gasteiger charge is 2.23. The minimum atomic E-state index is -3.84. The summed E-state index contributed by atoms with van der Waals surface area (Å²) in [5.41, 5.74) is 4.53. The van der Waals surface area contributed by atoms with Gasteiger partial charge in [-0.2, -0.15) is 0 Å². The number of halogens is 1. The molecule has 0 bridgehead atoms. The second kappa shape index (κ2) is 7.85. The van der Waals surface area contributed by atoms with E-state index in [0.29, 0.717) is 16.6 Å². The Morgan fingerprint density at radius 2 is 1.65 bits per heavy atom. The zero-order chi connectivity index (χ0) is 22.3. The molecule has 0 spiro atoms. The molecule has 0 aliphatic carbocycles. The minimum Gasteiger partial charge on any atom is -0.508 e. The van der Waals surface area contributed by atoms with E-state index < -0.39 is 16.7 Å². The monoisotopic (exact) mass is 437 g/mol. The lowest BCUT2D eigenvalue weighted by atomic mass is 9.98.